The molecule has 0 saturated heterocycles. The van der Waals surface area contributed by atoms with E-state index in [2.05, 4.69) is 19.2 Å². The second-order valence-electron chi connectivity index (χ2n) is 14.3. The summed E-state index contributed by atoms with van der Waals surface area (Å²) in [5, 5.41) is 13.3. The number of carbonyl (C=O) groups is 1. The van der Waals surface area contributed by atoms with E-state index in [0.29, 0.717) is 12.8 Å². The average Bonchev–Trinajstić information content (AvgIpc) is 3.01. The zero-order valence-electron chi connectivity index (χ0n) is 30.7. The van der Waals surface area contributed by atoms with Crippen LogP contribution in [0, 0.1) is 0 Å². The van der Waals surface area contributed by atoms with Gasteiger partial charge in [0.2, 0.25) is 5.91 Å². The summed E-state index contributed by atoms with van der Waals surface area (Å²) < 4.78 is 32.5. The smallest absolute Gasteiger partial charge is 0.266 e. The summed E-state index contributed by atoms with van der Waals surface area (Å²) in [5.41, 5.74) is 0. The van der Waals surface area contributed by atoms with Gasteiger partial charge in [-0.3, -0.25) is 9.35 Å². The van der Waals surface area contributed by atoms with Gasteiger partial charge in [0.15, 0.2) is 0 Å². The van der Waals surface area contributed by atoms with Crippen molar-refractivity contribution in [3.05, 3.63) is 0 Å². The molecule has 6 nitrogen and oxygen atoms in total. The lowest BCUT2D eigenvalue weighted by Gasteiger charge is -2.23. The number of unbranched alkanes of at least 4 members (excludes halogenated alkanes) is 29. The second kappa shape index (κ2) is 34.2. The Hall–Kier alpha value is -0.660. The van der Waals surface area contributed by atoms with Gasteiger partial charge < -0.3 is 10.4 Å². The zero-order valence-corrected chi connectivity index (χ0v) is 31.5. The predicted molar refractivity (Wildman–Crippen MR) is 198 cm³/mol. The Morgan fingerprint density at radius 1 is 0.500 bits per heavy atom. The van der Waals surface area contributed by atoms with Crippen molar-refractivity contribution in [2.24, 2.45) is 0 Å². The molecule has 0 aromatic heterocycles. The minimum atomic E-state index is -4.30. The van der Waals surface area contributed by atoms with E-state index in [-0.39, 0.29) is 5.91 Å². The van der Waals surface area contributed by atoms with Crippen LogP contribution in [0.25, 0.3) is 0 Å². The molecule has 0 spiro atoms. The number of aliphatic hydroxyl groups excluding tert-OH is 1. The number of aliphatic hydroxyl groups is 1. The highest BCUT2D eigenvalue weighted by molar-refractivity contribution is 7.85. The second-order valence-corrected chi connectivity index (χ2v) is 15.8. The molecule has 0 aliphatic heterocycles. The fourth-order valence-electron chi connectivity index (χ4n) is 6.51. The minimum absolute atomic E-state index is 0.243. The van der Waals surface area contributed by atoms with Gasteiger partial charge in [-0.05, 0) is 12.8 Å². The lowest BCUT2D eigenvalue weighted by molar-refractivity contribution is -0.122. The third kappa shape index (κ3) is 34.7. The first-order chi connectivity index (χ1) is 22.3. The Balaban J connectivity index is 3.78. The Labute approximate surface area is 287 Å². The van der Waals surface area contributed by atoms with Crippen molar-refractivity contribution in [3.8, 4) is 0 Å². The van der Waals surface area contributed by atoms with E-state index in [4.69, 9.17) is 0 Å². The molecule has 0 aromatic rings. The third-order valence-electron chi connectivity index (χ3n) is 9.56. The molecule has 0 bridgehead atoms. The molecule has 0 heterocycles. The van der Waals surface area contributed by atoms with Crippen LogP contribution in [0.5, 0.6) is 0 Å². The molecule has 0 saturated carbocycles. The lowest BCUT2D eigenvalue weighted by Crippen LogP contribution is -2.47. The Bertz CT molecular complexity index is 745. The Morgan fingerprint density at radius 2 is 0.783 bits per heavy atom. The normalized spacial score (nSPS) is 13.2. The predicted octanol–water partition coefficient (Wildman–Crippen LogP) is 11.6. The van der Waals surface area contributed by atoms with Gasteiger partial charge in [-0.25, -0.2) is 0 Å². The van der Waals surface area contributed by atoms with Gasteiger partial charge in [-0.15, -0.1) is 0 Å². The van der Waals surface area contributed by atoms with E-state index in [1.807, 2.05) is 0 Å². The number of carbonyl (C=O) groups excluding carboxylic acids is 1. The van der Waals surface area contributed by atoms with Crippen LogP contribution in [-0.2, 0) is 14.9 Å². The van der Waals surface area contributed by atoms with Crippen LogP contribution in [0.1, 0.15) is 226 Å². The minimum Gasteiger partial charge on any atom is -0.391 e. The maximum absolute atomic E-state index is 12.5. The van der Waals surface area contributed by atoms with Crippen molar-refractivity contribution in [3.63, 3.8) is 0 Å². The van der Waals surface area contributed by atoms with Gasteiger partial charge in [0.1, 0.15) is 0 Å². The summed E-state index contributed by atoms with van der Waals surface area (Å²) in [7, 11) is -4.30. The van der Waals surface area contributed by atoms with Crippen LogP contribution in [-0.4, -0.2) is 41.9 Å². The molecule has 0 fully saturated rings. The molecular weight excluding hydrogens is 594 g/mol. The van der Waals surface area contributed by atoms with Crippen LogP contribution < -0.4 is 5.32 Å². The summed E-state index contributed by atoms with van der Waals surface area (Å²) >= 11 is 0. The maximum atomic E-state index is 12.5. The number of hydrogen-bond acceptors (Lipinski definition) is 4. The highest BCUT2D eigenvalue weighted by Crippen LogP contribution is 2.17. The van der Waals surface area contributed by atoms with Crippen molar-refractivity contribution in [2.45, 2.75) is 238 Å². The molecular formula is C39H79NO5S. The first kappa shape index (κ1) is 45.3. The van der Waals surface area contributed by atoms with E-state index in [0.717, 1.165) is 38.5 Å². The molecule has 0 radical (unpaired) electrons. The van der Waals surface area contributed by atoms with E-state index < -0.39 is 28.0 Å². The molecule has 0 aromatic carbocycles. The highest BCUT2D eigenvalue weighted by Gasteiger charge is 2.26. The van der Waals surface area contributed by atoms with E-state index >= 15 is 0 Å². The highest BCUT2D eigenvalue weighted by atomic mass is 32.2. The third-order valence-corrected chi connectivity index (χ3v) is 10.3. The Morgan fingerprint density at radius 3 is 1.09 bits per heavy atom. The topological polar surface area (TPSA) is 104 Å². The molecule has 46 heavy (non-hydrogen) atoms. The SMILES string of the molecule is CCCCCCCCCCCCCCCCCCCCCCC(O)C(CS(=O)(=O)O)NC(=O)CCCCCCCCCCCCC. The molecule has 1 amide bonds. The molecule has 0 rings (SSSR count). The van der Waals surface area contributed by atoms with Crippen LogP contribution in [0.2, 0.25) is 0 Å². The molecule has 2 unspecified atom stereocenters. The summed E-state index contributed by atoms with van der Waals surface area (Å²) in [4.78, 5) is 12.5. The number of hydrogen-bond donors (Lipinski definition) is 3. The van der Waals surface area contributed by atoms with Gasteiger partial charge >= 0.3 is 0 Å². The first-order valence-corrected chi connectivity index (χ1v) is 21.8. The van der Waals surface area contributed by atoms with Crippen LogP contribution in [0.4, 0.5) is 0 Å². The zero-order chi connectivity index (χ0) is 34.0. The average molecular weight is 674 g/mol. The Kier molecular flexibility index (Phi) is 33.7. The number of amides is 1. The largest absolute Gasteiger partial charge is 0.391 e. The van der Waals surface area contributed by atoms with Crippen LogP contribution in [0.3, 0.4) is 0 Å². The van der Waals surface area contributed by atoms with Gasteiger partial charge in [0.05, 0.1) is 17.9 Å². The first-order valence-electron chi connectivity index (χ1n) is 20.2. The quantitative estimate of drug-likeness (QED) is 0.0450. The van der Waals surface area contributed by atoms with Crippen LogP contribution in [0.15, 0.2) is 0 Å². The fraction of sp³-hybridized carbons (Fsp3) is 0.974. The van der Waals surface area contributed by atoms with E-state index in [1.165, 1.54) is 161 Å². The summed E-state index contributed by atoms with van der Waals surface area (Å²) in [6, 6.07) is -0.962. The van der Waals surface area contributed by atoms with Crippen molar-refractivity contribution in [1.82, 2.24) is 5.32 Å². The standard InChI is InChI=1S/C39H79NO5S/c1-3-5-7-9-11-13-15-16-17-18-19-20-21-22-23-25-26-28-30-32-34-38(41)37(36-46(43,44)45)40-39(42)35-33-31-29-27-24-14-12-10-8-6-4-2/h37-38,41H,3-36H2,1-2H3,(H,40,42)(H,43,44,45). The van der Waals surface area contributed by atoms with Crippen molar-refractivity contribution in [2.75, 3.05) is 5.75 Å². The van der Waals surface area contributed by atoms with Gasteiger partial charge in [-0.1, -0.05) is 206 Å². The van der Waals surface area contributed by atoms with E-state index in [1.54, 1.807) is 0 Å². The molecule has 0 aliphatic rings. The summed E-state index contributed by atoms with van der Waals surface area (Å²) in [5.74, 6) is -0.885. The molecule has 0 aliphatic carbocycles. The summed E-state index contributed by atoms with van der Waals surface area (Å²) in [6.07, 6.45) is 39.1. The van der Waals surface area contributed by atoms with Gasteiger partial charge in [0, 0.05) is 6.42 Å². The lowest BCUT2D eigenvalue weighted by atomic mass is 10.0. The molecule has 2 atom stereocenters. The molecule has 3 N–H and O–H groups in total. The molecule has 7 heteroatoms. The van der Waals surface area contributed by atoms with Crippen molar-refractivity contribution < 1.29 is 22.9 Å². The van der Waals surface area contributed by atoms with E-state index in [9.17, 15) is 22.9 Å². The number of nitrogens with one attached hydrogen (secondary N) is 1. The van der Waals surface area contributed by atoms with Gasteiger partial charge in [0.25, 0.3) is 10.1 Å². The van der Waals surface area contributed by atoms with Crippen LogP contribution >= 0.6 is 0 Å². The maximum Gasteiger partial charge on any atom is 0.266 e. The fourth-order valence-corrected chi connectivity index (χ4v) is 7.27. The van der Waals surface area contributed by atoms with Crippen molar-refractivity contribution >= 4 is 16.0 Å². The van der Waals surface area contributed by atoms with Gasteiger partial charge in [-0.2, -0.15) is 8.42 Å². The summed E-state index contributed by atoms with van der Waals surface area (Å²) in [6.45, 7) is 4.51. The molecule has 276 valence electrons. The van der Waals surface area contributed by atoms with Crippen molar-refractivity contribution in [1.29, 1.82) is 0 Å². The number of rotatable bonds is 37. The monoisotopic (exact) mass is 674 g/mol.